The molecular formula is C11H20O2. The minimum absolute atomic E-state index is 0.161. The molecule has 0 aromatic heterocycles. The van der Waals surface area contributed by atoms with Crippen LogP contribution in [0.4, 0.5) is 0 Å². The minimum Gasteiger partial charge on any atom is -0.230 e. The second-order valence-corrected chi connectivity index (χ2v) is 4.19. The summed E-state index contributed by atoms with van der Waals surface area (Å²) in [6.07, 6.45) is 8.85. The van der Waals surface area contributed by atoms with Gasteiger partial charge in [-0.15, -0.1) is 0 Å². The first-order chi connectivity index (χ1) is 6.14. The molecule has 0 N–H and O–H groups in total. The summed E-state index contributed by atoms with van der Waals surface area (Å²) in [6, 6.07) is 0. The van der Waals surface area contributed by atoms with Crippen LogP contribution in [0.15, 0.2) is 12.2 Å². The monoisotopic (exact) mass is 184 g/mol. The van der Waals surface area contributed by atoms with E-state index in [-0.39, 0.29) is 11.7 Å². The van der Waals surface area contributed by atoms with E-state index >= 15 is 0 Å². The van der Waals surface area contributed by atoms with Gasteiger partial charge in [-0.3, -0.25) is 0 Å². The van der Waals surface area contributed by atoms with E-state index in [9.17, 15) is 0 Å². The number of allylic oxidation sites excluding steroid dienone is 1. The standard InChI is InChI=1S/C11H20O2/c1-4-11(2,3)13-12-10-8-6-5-7-9-10/h6,8,10H,4-5,7,9H2,1-3H3. The summed E-state index contributed by atoms with van der Waals surface area (Å²) in [6.45, 7) is 6.18. The van der Waals surface area contributed by atoms with Crippen molar-refractivity contribution in [2.45, 2.75) is 58.2 Å². The number of rotatable bonds is 4. The Bertz CT molecular complexity index is 173. The lowest BCUT2D eigenvalue weighted by atomic mass is 10.1. The molecule has 0 aliphatic heterocycles. The van der Waals surface area contributed by atoms with Crippen molar-refractivity contribution in [2.75, 3.05) is 0 Å². The molecule has 1 rings (SSSR count). The average Bonchev–Trinajstić information content (AvgIpc) is 2.17. The molecule has 0 saturated heterocycles. The first-order valence-corrected chi connectivity index (χ1v) is 5.15. The second-order valence-electron chi connectivity index (χ2n) is 4.19. The molecule has 13 heavy (non-hydrogen) atoms. The molecule has 0 fully saturated rings. The average molecular weight is 184 g/mol. The molecule has 0 aromatic rings. The van der Waals surface area contributed by atoms with Crippen LogP contribution in [0.5, 0.6) is 0 Å². The molecule has 1 unspecified atom stereocenters. The van der Waals surface area contributed by atoms with Crippen LogP contribution in [0.3, 0.4) is 0 Å². The smallest absolute Gasteiger partial charge is 0.111 e. The number of hydrogen-bond donors (Lipinski definition) is 0. The van der Waals surface area contributed by atoms with E-state index in [1.165, 1.54) is 12.8 Å². The summed E-state index contributed by atoms with van der Waals surface area (Å²) in [7, 11) is 0. The Morgan fingerprint density at radius 2 is 2.23 bits per heavy atom. The van der Waals surface area contributed by atoms with Crippen molar-refractivity contribution in [2.24, 2.45) is 0 Å². The molecule has 0 saturated carbocycles. The van der Waals surface area contributed by atoms with Gasteiger partial charge < -0.3 is 0 Å². The van der Waals surface area contributed by atoms with Crippen molar-refractivity contribution in [1.82, 2.24) is 0 Å². The van der Waals surface area contributed by atoms with Crippen molar-refractivity contribution in [3.05, 3.63) is 12.2 Å². The number of hydrogen-bond acceptors (Lipinski definition) is 2. The van der Waals surface area contributed by atoms with Gasteiger partial charge in [0.15, 0.2) is 0 Å². The van der Waals surface area contributed by atoms with Gasteiger partial charge in [0.1, 0.15) is 6.10 Å². The van der Waals surface area contributed by atoms with Crippen LogP contribution in [-0.2, 0) is 9.78 Å². The summed E-state index contributed by atoms with van der Waals surface area (Å²) in [5.41, 5.74) is -0.161. The molecule has 1 atom stereocenters. The Hall–Kier alpha value is -0.340. The van der Waals surface area contributed by atoms with Crippen LogP contribution in [0.1, 0.15) is 46.5 Å². The Balaban J connectivity index is 2.25. The Labute approximate surface area is 80.8 Å². The van der Waals surface area contributed by atoms with Gasteiger partial charge in [-0.2, -0.15) is 0 Å². The maximum Gasteiger partial charge on any atom is 0.111 e. The van der Waals surface area contributed by atoms with Crippen molar-refractivity contribution < 1.29 is 9.78 Å². The molecule has 0 spiro atoms. The summed E-state index contributed by atoms with van der Waals surface area (Å²) < 4.78 is 0. The summed E-state index contributed by atoms with van der Waals surface area (Å²) in [5.74, 6) is 0. The minimum atomic E-state index is -0.161. The van der Waals surface area contributed by atoms with Crippen molar-refractivity contribution >= 4 is 0 Å². The highest BCUT2D eigenvalue weighted by molar-refractivity contribution is 4.93. The lowest BCUT2D eigenvalue weighted by Gasteiger charge is -2.25. The van der Waals surface area contributed by atoms with Crippen LogP contribution in [0.25, 0.3) is 0 Å². The molecule has 2 nitrogen and oxygen atoms in total. The third kappa shape index (κ3) is 3.92. The molecular weight excluding hydrogens is 164 g/mol. The summed E-state index contributed by atoms with van der Waals surface area (Å²) in [4.78, 5) is 10.7. The summed E-state index contributed by atoms with van der Waals surface area (Å²) in [5, 5.41) is 0. The van der Waals surface area contributed by atoms with E-state index in [4.69, 9.17) is 9.78 Å². The zero-order valence-corrected chi connectivity index (χ0v) is 8.88. The van der Waals surface area contributed by atoms with E-state index in [0.29, 0.717) is 0 Å². The van der Waals surface area contributed by atoms with Gasteiger partial charge in [-0.05, 0) is 39.5 Å². The van der Waals surface area contributed by atoms with Crippen LogP contribution in [0.2, 0.25) is 0 Å². The molecule has 0 aromatic carbocycles. The molecule has 1 aliphatic carbocycles. The van der Waals surface area contributed by atoms with Crippen molar-refractivity contribution in [3.63, 3.8) is 0 Å². The third-order valence-corrected chi connectivity index (χ3v) is 2.46. The van der Waals surface area contributed by atoms with E-state index in [0.717, 1.165) is 12.8 Å². The van der Waals surface area contributed by atoms with Crippen molar-refractivity contribution in [1.29, 1.82) is 0 Å². The zero-order chi connectivity index (χ0) is 9.73. The molecule has 0 heterocycles. The Morgan fingerprint density at radius 1 is 1.46 bits per heavy atom. The highest BCUT2D eigenvalue weighted by Crippen LogP contribution is 2.19. The van der Waals surface area contributed by atoms with Gasteiger partial charge in [-0.1, -0.05) is 19.1 Å². The fraction of sp³-hybridized carbons (Fsp3) is 0.818. The first kappa shape index (κ1) is 10.7. The maximum absolute atomic E-state index is 5.37. The van der Waals surface area contributed by atoms with E-state index in [1.54, 1.807) is 0 Å². The highest BCUT2D eigenvalue weighted by Gasteiger charge is 2.19. The molecule has 0 bridgehead atoms. The quantitative estimate of drug-likeness (QED) is 0.379. The van der Waals surface area contributed by atoms with Crippen LogP contribution in [-0.4, -0.2) is 11.7 Å². The predicted octanol–water partition coefficient (Wildman–Crippen LogP) is 3.23. The highest BCUT2D eigenvalue weighted by atomic mass is 17.2. The summed E-state index contributed by atoms with van der Waals surface area (Å²) >= 11 is 0. The zero-order valence-electron chi connectivity index (χ0n) is 8.88. The second kappa shape index (κ2) is 4.77. The third-order valence-electron chi connectivity index (χ3n) is 2.46. The Kier molecular flexibility index (Phi) is 3.94. The maximum atomic E-state index is 5.37. The molecule has 0 radical (unpaired) electrons. The Morgan fingerprint density at radius 3 is 2.77 bits per heavy atom. The molecule has 2 heteroatoms. The lowest BCUT2D eigenvalue weighted by Crippen LogP contribution is -2.26. The predicted molar refractivity (Wildman–Crippen MR) is 53.3 cm³/mol. The van der Waals surface area contributed by atoms with Gasteiger partial charge in [0.25, 0.3) is 0 Å². The largest absolute Gasteiger partial charge is 0.230 e. The van der Waals surface area contributed by atoms with E-state index < -0.39 is 0 Å². The molecule has 1 aliphatic rings. The first-order valence-electron chi connectivity index (χ1n) is 5.15. The van der Waals surface area contributed by atoms with Crippen molar-refractivity contribution in [3.8, 4) is 0 Å². The molecule has 76 valence electrons. The van der Waals surface area contributed by atoms with Gasteiger partial charge in [0, 0.05) is 0 Å². The van der Waals surface area contributed by atoms with Gasteiger partial charge in [0.05, 0.1) is 5.60 Å². The fourth-order valence-electron chi connectivity index (χ4n) is 1.11. The van der Waals surface area contributed by atoms with E-state index in [1.807, 2.05) is 13.8 Å². The van der Waals surface area contributed by atoms with Crippen LogP contribution >= 0.6 is 0 Å². The topological polar surface area (TPSA) is 18.5 Å². The normalized spacial score (nSPS) is 23.5. The fourth-order valence-corrected chi connectivity index (χ4v) is 1.11. The van der Waals surface area contributed by atoms with Crippen LogP contribution < -0.4 is 0 Å². The van der Waals surface area contributed by atoms with E-state index in [2.05, 4.69) is 19.1 Å². The van der Waals surface area contributed by atoms with Gasteiger partial charge in [-0.25, -0.2) is 9.78 Å². The van der Waals surface area contributed by atoms with Crippen LogP contribution in [0, 0.1) is 0 Å². The van der Waals surface area contributed by atoms with Gasteiger partial charge >= 0.3 is 0 Å². The lowest BCUT2D eigenvalue weighted by molar-refractivity contribution is -0.370. The van der Waals surface area contributed by atoms with Gasteiger partial charge in [0.2, 0.25) is 0 Å². The SMILES string of the molecule is CCC(C)(C)OOC1C=CCCC1. The molecule has 0 amide bonds.